The Morgan fingerprint density at radius 1 is 1.29 bits per heavy atom. The number of rotatable bonds is 1. The Hall–Kier alpha value is -1.38. The van der Waals surface area contributed by atoms with E-state index in [0.29, 0.717) is 0 Å². The van der Waals surface area contributed by atoms with Crippen LogP contribution in [-0.2, 0) is 11.2 Å². The molecule has 1 aromatic carbocycles. The minimum atomic E-state index is -0.0972. The van der Waals surface area contributed by atoms with Gasteiger partial charge in [0, 0.05) is 20.0 Å². The summed E-state index contributed by atoms with van der Waals surface area (Å²) in [5.41, 5.74) is 0.789. The molecule has 0 saturated carbocycles. The number of likely N-dealkylation sites (tertiary alicyclic amines) is 1. The lowest BCUT2D eigenvalue weighted by Crippen LogP contribution is -2.24. The van der Waals surface area contributed by atoms with E-state index in [4.69, 9.17) is 0 Å². The molecule has 2 nitrogen and oxygen atoms in total. The Labute approximate surface area is 102 Å². The fraction of sp³-hybridized carbons (Fsp3) is 0.500. The van der Waals surface area contributed by atoms with E-state index in [1.165, 1.54) is 18.9 Å². The number of carbonyl (C=O) groups excluding carboxylic acids is 1. The minimum Gasteiger partial charge on any atom is -0.343 e. The molecule has 17 heavy (non-hydrogen) atoms. The lowest BCUT2D eigenvalue weighted by Gasteiger charge is -2.10. The largest absolute Gasteiger partial charge is 0.343 e. The molecule has 0 aromatic heterocycles. The van der Waals surface area contributed by atoms with E-state index in [1.54, 1.807) is 19.1 Å². The van der Waals surface area contributed by atoms with Gasteiger partial charge >= 0.3 is 0 Å². The number of hydrogen-bond donors (Lipinski definition) is 0. The molecule has 3 heteroatoms. The molecule has 1 aliphatic rings. The van der Waals surface area contributed by atoms with E-state index in [0.717, 1.165) is 25.1 Å². The van der Waals surface area contributed by atoms with Crippen LogP contribution in [-0.4, -0.2) is 23.9 Å². The Morgan fingerprint density at radius 3 is 2.24 bits per heavy atom. The van der Waals surface area contributed by atoms with Gasteiger partial charge in [-0.3, -0.25) is 4.79 Å². The van der Waals surface area contributed by atoms with Crippen LogP contribution in [0.15, 0.2) is 24.3 Å². The highest BCUT2D eigenvalue weighted by Crippen LogP contribution is 2.06. The van der Waals surface area contributed by atoms with Gasteiger partial charge in [0.15, 0.2) is 0 Å². The van der Waals surface area contributed by atoms with Gasteiger partial charge < -0.3 is 4.90 Å². The van der Waals surface area contributed by atoms with E-state index >= 15 is 0 Å². The molecule has 0 spiro atoms. The molecule has 1 heterocycles. The van der Waals surface area contributed by atoms with Gasteiger partial charge in [-0.1, -0.05) is 25.1 Å². The van der Waals surface area contributed by atoms with Crippen molar-refractivity contribution in [3.8, 4) is 0 Å². The lowest BCUT2D eigenvalue weighted by molar-refractivity contribution is -0.127. The van der Waals surface area contributed by atoms with E-state index < -0.39 is 0 Å². The predicted molar refractivity (Wildman–Crippen MR) is 67.3 cm³/mol. The highest BCUT2D eigenvalue weighted by molar-refractivity contribution is 5.73. The summed E-state index contributed by atoms with van der Waals surface area (Å²) in [6.07, 6.45) is 3.16. The third-order valence-corrected chi connectivity index (χ3v) is 2.89. The van der Waals surface area contributed by atoms with Crippen LogP contribution in [0, 0.1) is 5.82 Å². The smallest absolute Gasteiger partial charge is 0.219 e. The van der Waals surface area contributed by atoms with Crippen LogP contribution in [0.4, 0.5) is 4.39 Å². The van der Waals surface area contributed by atoms with Crippen LogP contribution in [0.25, 0.3) is 0 Å². The van der Waals surface area contributed by atoms with Gasteiger partial charge in [-0.25, -0.2) is 4.39 Å². The highest BCUT2D eigenvalue weighted by atomic mass is 19.1. The molecule has 0 aliphatic carbocycles. The van der Waals surface area contributed by atoms with Gasteiger partial charge in [-0.05, 0) is 30.9 Å². The Balaban J connectivity index is 0.000000171. The summed E-state index contributed by atoms with van der Waals surface area (Å²) < 4.78 is 12.6. The molecule has 94 valence electrons. The molecule has 1 amide bonds. The van der Waals surface area contributed by atoms with Crippen LogP contribution in [0.5, 0.6) is 0 Å². The molecule has 0 unspecified atom stereocenters. The Morgan fingerprint density at radius 2 is 1.88 bits per heavy atom. The maximum atomic E-state index is 12.6. The average molecular weight is 237 g/mol. The molecule has 1 fully saturated rings. The molecule has 0 radical (unpaired) electrons. The summed E-state index contributed by atoms with van der Waals surface area (Å²) in [7, 11) is 0. The van der Waals surface area contributed by atoms with Crippen molar-refractivity contribution in [2.45, 2.75) is 33.1 Å². The summed E-state index contributed by atoms with van der Waals surface area (Å²) in [6, 6.07) is 6.84. The summed E-state index contributed by atoms with van der Waals surface area (Å²) in [6.45, 7) is 5.54. The van der Waals surface area contributed by atoms with Crippen molar-refractivity contribution in [1.29, 1.82) is 0 Å². The van der Waals surface area contributed by atoms with Crippen molar-refractivity contribution in [2.24, 2.45) is 0 Å². The van der Waals surface area contributed by atoms with E-state index in [9.17, 15) is 9.18 Å². The number of hydrogen-bond acceptors (Lipinski definition) is 1. The number of amides is 1. The van der Waals surface area contributed by atoms with Crippen LogP contribution in [0.1, 0.15) is 32.3 Å². The summed E-state index contributed by atoms with van der Waals surface area (Å²) in [5, 5.41) is 0. The quantitative estimate of drug-likeness (QED) is 0.735. The molecule has 1 aliphatic heterocycles. The van der Waals surface area contributed by atoms with E-state index in [2.05, 4.69) is 0 Å². The molecule has 0 atom stereocenters. The number of aryl methyl sites for hydroxylation is 1. The van der Waals surface area contributed by atoms with Gasteiger partial charge in [-0.2, -0.15) is 0 Å². The Bertz CT molecular complexity index is 359. The van der Waals surface area contributed by atoms with Gasteiger partial charge in [-0.15, -0.1) is 0 Å². The molecule has 0 N–H and O–H groups in total. The third-order valence-electron chi connectivity index (χ3n) is 2.89. The van der Waals surface area contributed by atoms with Crippen LogP contribution in [0.2, 0.25) is 0 Å². The van der Waals surface area contributed by atoms with Crippen molar-refractivity contribution in [1.82, 2.24) is 4.90 Å². The maximum absolute atomic E-state index is 12.6. The topological polar surface area (TPSA) is 20.3 Å². The zero-order valence-electron chi connectivity index (χ0n) is 10.6. The number of halogens is 1. The second-order valence-corrected chi connectivity index (χ2v) is 4.16. The van der Waals surface area contributed by atoms with Crippen molar-refractivity contribution < 1.29 is 9.18 Å². The van der Waals surface area contributed by atoms with E-state index in [-0.39, 0.29) is 11.7 Å². The first kappa shape index (κ1) is 13.7. The number of carbonyl (C=O) groups is 1. The van der Waals surface area contributed by atoms with Gasteiger partial charge in [0.1, 0.15) is 5.82 Å². The molecule has 1 saturated heterocycles. The van der Waals surface area contributed by atoms with Crippen molar-refractivity contribution in [3.63, 3.8) is 0 Å². The van der Waals surface area contributed by atoms with Crippen molar-refractivity contribution >= 4 is 5.91 Å². The lowest BCUT2D eigenvalue weighted by atomic mass is 10.2. The SMILES string of the molecule is CC(=O)N1CCCC1.CCc1ccccc1F. The van der Waals surface area contributed by atoms with Gasteiger partial charge in [0.05, 0.1) is 0 Å². The summed E-state index contributed by atoms with van der Waals surface area (Å²) in [5.74, 6) is 0.127. The number of nitrogens with zero attached hydrogens (tertiary/aromatic N) is 1. The van der Waals surface area contributed by atoms with Gasteiger partial charge in [0.25, 0.3) is 0 Å². The first-order valence-corrected chi connectivity index (χ1v) is 6.14. The Kier molecular flexibility index (Phi) is 5.67. The normalized spacial score (nSPS) is 14.2. The first-order chi connectivity index (χ1) is 8.15. The standard InChI is InChI=1S/C8H9F.C6H11NO/c1-2-7-5-3-4-6-8(7)9;1-6(8)7-4-2-3-5-7/h3-6H,2H2,1H3;2-5H2,1H3. The van der Waals surface area contributed by atoms with Crippen molar-refractivity contribution in [2.75, 3.05) is 13.1 Å². The fourth-order valence-electron chi connectivity index (χ4n) is 1.82. The van der Waals surface area contributed by atoms with Crippen molar-refractivity contribution in [3.05, 3.63) is 35.6 Å². The summed E-state index contributed by atoms with van der Waals surface area (Å²) >= 11 is 0. The zero-order valence-corrected chi connectivity index (χ0v) is 10.6. The second kappa shape index (κ2) is 7.05. The van der Waals surface area contributed by atoms with Crippen LogP contribution in [0.3, 0.4) is 0 Å². The first-order valence-electron chi connectivity index (χ1n) is 6.14. The molecular formula is C14H20FNO. The van der Waals surface area contributed by atoms with Crippen LogP contribution < -0.4 is 0 Å². The minimum absolute atomic E-state index is 0.0972. The monoisotopic (exact) mass is 237 g/mol. The van der Waals surface area contributed by atoms with E-state index in [1.807, 2.05) is 17.9 Å². The second-order valence-electron chi connectivity index (χ2n) is 4.16. The fourth-order valence-corrected chi connectivity index (χ4v) is 1.82. The highest BCUT2D eigenvalue weighted by Gasteiger charge is 2.12. The molecular weight excluding hydrogens is 217 g/mol. The zero-order chi connectivity index (χ0) is 12.7. The predicted octanol–water partition coefficient (Wildman–Crippen LogP) is 3.02. The molecule has 2 rings (SSSR count). The summed E-state index contributed by atoms with van der Waals surface area (Å²) in [4.78, 5) is 12.5. The van der Waals surface area contributed by atoms with Gasteiger partial charge in [0.2, 0.25) is 5.91 Å². The van der Waals surface area contributed by atoms with Crippen LogP contribution >= 0.6 is 0 Å². The maximum Gasteiger partial charge on any atom is 0.219 e. The molecule has 1 aromatic rings. The third kappa shape index (κ3) is 4.55. The average Bonchev–Trinajstić information content (AvgIpc) is 2.84. The molecule has 0 bridgehead atoms. The number of benzene rings is 1.